The van der Waals surface area contributed by atoms with Crippen molar-refractivity contribution >= 4 is 49.7 Å². The second kappa shape index (κ2) is 3.43. The zero-order valence-corrected chi connectivity index (χ0v) is 9.72. The molecular formula is C9H8INOS. The van der Waals surface area contributed by atoms with Crippen LogP contribution in [0, 0.1) is 3.57 Å². The zero-order valence-electron chi connectivity index (χ0n) is 6.75. The number of thiophene rings is 1. The highest BCUT2D eigenvalue weighted by Crippen LogP contribution is 2.32. The number of benzene rings is 1. The van der Waals surface area contributed by atoms with Crippen molar-refractivity contribution in [3.05, 3.63) is 26.6 Å². The van der Waals surface area contributed by atoms with Crippen molar-refractivity contribution in [1.82, 2.24) is 0 Å². The minimum atomic E-state index is 0.00756. The predicted molar refractivity (Wildman–Crippen MR) is 64.9 cm³/mol. The number of nitrogens with two attached hydrogens (primary N) is 1. The maximum atomic E-state index is 9.06. The van der Waals surface area contributed by atoms with Gasteiger partial charge in [0.05, 0.1) is 15.9 Å². The van der Waals surface area contributed by atoms with Gasteiger partial charge in [-0.25, -0.2) is 0 Å². The third-order valence-corrected chi connectivity index (χ3v) is 4.41. The Morgan fingerprint density at radius 2 is 2.31 bits per heavy atom. The van der Waals surface area contributed by atoms with Crippen LogP contribution in [0.2, 0.25) is 0 Å². The first-order chi connectivity index (χ1) is 6.24. The average Bonchev–Trinajstić information content (AvgIpc) is 2.59. The van der Waals surface area contributed by atoms with Gasteiger partial charge in [0, 0.05) is 10.3 Å². The molecule has 0 spiro atoms. The number of hydrogen-bond donors (Lipinski definition) is 2. The molecule has 3 N–H and O–H groups in total. The molecule has 68 valence electrons. The van der Waals surface area contributed by atoms with E-state index in [1.807, 2.05) is 17.5 Å². The summed E-state index contributed by atoms with van der Waals surface area (Å²) >= 11 is 3.90. The van der Waals surface area contributed by atoms with Crippen LogP contribution in [0.4, 0.5) is 5.69 Å². The van der Waals surface area contributed by atoms with E-state index in [2.05, 4.69) is 22.6 Å². The van der Waals surface area contributed by atoms with Crippen molar-refractivity contribution in [3.8, 4) is 0 Å². The summed E-state index contributed by atoms with van der Waals surface area (Å²) in [7, 11) is 0. The van der Waals surface area contributed by atoms with Crippen molar-refractivity contribution < 1.29 is 5.11 Å². The van der Waals surface area contributed by atoms with Crippen LogP contribution in [0.1, 0.15) is 5.56 Å². The smallest absolute Gasteiger partial charge is 0.0702 e. The molecule has 0 aliphatic carbocycles. The number of aliphatic hydroxyl groups is 1. The molecule has 0 radical (unpaired) electrons. The van der Waals surface area contributed by atoms with Gasteiger partial charge in [0.1, 0.15) is 0 Å². The molecule has 1 aromatic carbocycles. The van der Waals surface area contributed by atoms with Gasteiger partial charge in [0.15, 0.2) is 0 Å². The molecule has 1 aromatic heterocycles. The molecule has 2 aromatic rings. The highest BCUT2D eigenvalue weighted by Gasteiger charge is 2.08. The van der Waals surface area contributed by atoms with Crippen LogP contribution in [0.15, 0.2) is 17.5 Å². The van der Waals surface area contributed by atoms with Crippen LogP contribution >= 0.6 is 33.9 Å². The van der Waals surface area contributed by atoms with E-state index in [9.17, 15) is 0 Å². The van der Waals surface area contributed by atoms with E-state index in [4.69, 9.17) is 10.8 Å². The quantitative estimate of drug-likeness (QED) is 0.628. The lowest BCUT2D eigenvalue weighted by Gasteiger charge is -2.05. The molecule has 0 aliphatic rings. The molecule has 0 unspecified atom stereocenters. The lowest BCUT2D eigenvalue weighted by atomic mass is 10.1. The number of halogens is 1. The summed E-state index contributed by atoms with van der Waals surface area (Å²) < 4.78 is 2.25. The summed E-state index contributed by atoms with van der Waals surface area (Å²) in [5.41, 5.74) is 7.38. The molecule has 0 fully saturated rings. The van der Waals surface area contributed by atoms with Crippen molar-refractivity contribution in [2.75, 3.05) is 5.73 Å². The first-order valence-electron chi connectivity index (χ1n) is 3.79. The van der Waals surface area contributed by atoms with Crippen LogP contribution in [0.5, 0.6) is 0 Å². The average molecular weight is 305 g/mol. The second-order valence-corrected chi connectivity index (χ2v) is 4.76. The van der Waals surface area contributed by atoms with E-state index < -0.39 is 0 Å². The monoisotopic (exact) mass is 305 g/mol. The topological polar surface area (TPSA) is 46.2 Å². The van der Waals surface area contributed by atoms with Crippen molar-refractivity contribution in [2.45, 2.75) is 6.61 Å². The van der Waals surface area contributed by atoms with E-state index in [0.717, 1.165) is 14.5 Å². The highest BCUT2D eigenvalue weighted by molar-refractivity contribution is 14.1. The Kier molecular flexibility index (Phi) is 2.44. The maximum Gasteiger partial charge on any atom is 0.0702 e. The molecule has 2 nitrogen and oxygen atoms in total. The lowest BCUT2D eigenvalue weighted by molar-refractivity contribution is 0.282. The van der Waals surface area contributed by atoms with Gasteiger partial charge in [-0.05, 0) is 45.5 Å². The fraction of sp³-hybridized carbons (Fsp3) is 0.111. The van der Waals surface area contributed by atoms with Gasteiger partial charge in [-0.1, -0.05) is 0 Å². The van der Waals surface area contributed by atoms with Gasteiger partial charge >= 0.3 is 0 Å². The van der Waals surface area contributed by atoms with Crippen LogP contribution in [-0.4, -0.2) is 5.11 Å². The van der Waals surface area contributed by atoms with Gasteiger partial charge in [-0.15, -0.1) is 11.3 Å². The van der Waals surface area contributed by atoms with Gasteiger partial charge in [-0.3, -0.25) is 0 Å². The summed E-state index contributed by atoms with van der Waals surface area (Å²) in [5, 5.41) is 12.3. The van der Waals surface area contributed by atoms with E-state index in [0.29, 0.717) is 5.69 Å². The normalized spacial score (nSPS) is 10.9. The summed E-state index contributed by atoms with van der Waals surface area (Å²) in [6.45, 7) is 0.00756. The van der Waals surface area contributed by atoms with E-state index in [1.165, 1.54) is 4.70 Å². The number of nitrogen functional groups attached to an aromatic ring is 1. The lowest BCUT2D eigenvalue weighted by Crippen LogP contribution is -1.96. The van der Waals surface area contributed by atoms with Crippen LogP contribution in [-0.2, 0) is 6.61 Å². The molecule has 0 saturated heterocycles. The first-order valence-corrected chi connectivity index (χ1v) is 5.75. The molecule has 0 atom stereocenters. The third-order valence-electron chi connectivity index (χ3n) is 1.98. The molecular weight excluding hydrogens is 297 g/mol. The molecule has 2 rings (SSSR count). The van der Waals surface area contributed by atoms with E-state index >= 15 is 0 Å². The Bertz CT molecular complexity index is 452. The van der Waals surface area contributed by atoms with E-state index in [-0.39, 0.29) is 6.61 Å². The number of rotatable bonds is 1. The van der Waals surface area contributed by atoms with Crippen molar-refractivity contribution in [2.24, 2.45) is 0 Å². The van der Waals surface area contributed by atoms with Gasteiger partial charge < -0.3 is 10.8 Å². The summed E-state index contributed by atoms with van der Waals surface area (Å²) in [4.78, 5) is 0. The summed E-state index contributed by atoms with van der Waals surface area (Å²) in [5.74, 6) is 0. The Labute approximate surface area is 93.5 Å². The molecule has 0 aliphatic heterocycles. The standard InChI is InChI=1S/C9H8INOS/c10-7-8(11)6(4-12)3-5-1-2-13-9(5)7/h1-3,12H,4,11H2. The Morgan fingerprint density at radius 3 is 3.00 bits per heavy atom. The fourth-order valence-corrected chi connectivity index (χ4v) is 3.14. The molecule has 1 heterocycles. The molecule has 0 saturated carbocycles. The van der Waals surface area contributed by atoms with Crippen LogP contribution < -0.4 is 5.73 Å². The first kappa shape index (κ1) is 9.23. The Morgan fingerprint density at radius 1 is 1.54 bits per heavy atom. The Balaban J connectivity index is 2.83. The van der Waals surface area contributed by atoms with Gasteiger partial charge in [0.25, 0.3) is 0 Å². The summed E-state index contributed by atoms with van der Waals surface area (Å²) in [6.07, 6.45) is 0. The van der Waals surface area contributed by atoms with Gasteiger partial charge in [0.2, 0.25) is 0 Å². The number of anilines is 1. The number of fused-ring (bicyclic) bond motifs is 1. The number of hydrogen-bond acceptors (Lipinski definition) is 3. The molecule has 4 heteroatoms. The SMILES string of the molecule is Nc1c(CO)cc2ccsc2c1I. The second-order valence-electron chi connectivity index (χ2n) is 2.76. The fourth-order valence-electron chi connectivity index (χ4n) is 1.27. The minimum Gasteiger partial charge on any atom is -0.398 e. The van der Waals surface area contributed by atoms with E-state index in [1.54, 1.807) is 11.3 Å². The summed E-state index contributed by atoms with van der Waals surface area (Å²) in [6, 6.07) is 3.99. The minimum absolute atomic E-state index is 0.00756. The van der Waals surface area contributed by atoms with Crippen LogP contribution in [0.25, 0.3) is 10.1 Å². The zero-order chi connectivity index (χ0) is 9.42. The maximum absolute atomic E-state index is 9.06. The van der Waals surface area contributed by atoms with Crippen LogP contribution in [0.3, 0.4) is 0 Å². The largest absolute Gasteiger partial charge is 0.398 e. The molecule has 0 amide bonds. The van der Waals surface area contributed by atoms with Crippen molar-refractivity contribution in [1.29, 1.82) is 0 Å². The predicted octanol–water partition coefficient (Wildman–Crippen LogP) is 2.58. The molecule has 13 heavy (non-hydrogen) atoms. The van der Waals surface area contributed by atoms with Crippen molar-refractivity contribution in [3.63, 3.8) is 0 Å². The molecule has 0 bridgehead atoms. The highest BCUT2D eigenvalue weighted by atomic mass is 127. The Hall–Kier alpha value is -0.330. The number of aliphatic hydroxyl groups excluding tert-OH is 1. The van der Waals surface area contributed by atoms with Gasteiger partial charge in [-0.2, -0.15) is 0 Å². The third kappa shape index (κ3) is 1.43.